The van der Waals surface area contributed by atoms with Crippen LogP contribution in [0.3, 0.4) is 0 Å². The van der Waals surface area contributed by atoms with E-state index in [9.17, 15) is 4.39 Å². The summed E-state index contributed by atoms with van der Waals surface area (Å²) < 4.78 is 13.1. The molecule has 1 rings (SSSR count). The minimum atomic E-state index is -0.316. The maximum atomic E-state index is 13.1. The molecule has 0 spiro atoms. The van der Waals surface area contributed by atoms with E-state index in [1.807, 2.05) is 0 Å². The Bertz CT molecular complexity index is 354. The van der Waals surface area contributed by atoms with Crippen LogP contribution >= 0.6 is 0 Å². The van der Waals surface area contributed by atoms with Crippen LogP contribution in [0.15, 0.2) is 29.4 Å². The topological polar surface area (TPSA) is 70.6 Å². The van der Waals surface area contributed by atoms with Gasteiger partial charge in [-0.2, -0.15) is 0 Å². The van der Waals surface area contributed by atoms with Crippen molar-refractivity contribution < 1.29 is 9.60 Å². The molecule has 0 heterocycles. The van der Waals surface area contributed by atoms with Gasteiger partial charge in [0.25, 0.3) is 0 Å². The first kappa shape index (κ1) is 11.3. The molecular formula is C10H14FN3O. The zero-order chi connectivity index (χ0) is 11.3. The van der Waals surface area contributed by atoms with Crippen LogP contribution in [0.5, 0.6) is 0 Å². The molecule has 1 aromatic rings. The molecule has 0 bridgehead atoms. The molecule has 0 aliphatic carbocycles. The third kappa shape index (κ3) is 3.12. The van der Waals surface area contributed by atoms with E-state index in [2.05, 4.69) is 10.5 Å². The van der Waals surface area contributed by atoms with Crippen LogP contribution < -0.4 is 11.1 Å². The van der Waals surface area contributed by atoms with Gasteiger partial charge in [-0.05, 0) is 12.1 Å². The predicted molar refractivity (Wildman–Crippen MR) is 57.5 cm³/mol. The van der Waals surface area contributed by atoms with E-state index in [4.69, 9.17) is 10.9 Å². The molecule has 0 radical (unpaired) electrons. The van der Waals surface area contributed by atoms with E-state index in [1.54, 1.807) is 25.1 Å². The van der Waals surface area contributed by atoms with Crippen LogP contribution in [0.2, 0.25) is 0 Å². The van der Waals surface area contributed by atoms with Crippen molar-refractivity contribution in [3.8, 4) is 0 Å². The highest BCUT2D eigenvalue weighted by Gasteiger charge is 2.08. The van der Waals surface area contributed by atoms with Crippen molar-refractivity contribution in [3.63, 3.8) is 0 Å². The third-order valence-electron chi connectivity index (χ3n) is 2.09. The number of benzene rings is 1. The second kappa shape index (κ2) is 5.19. The number of rotatable bonds is 4. The molecule has 4 nitrogen and oxygen atoms in total. The number of oxime groups is 1. The Morgan fingerprint density at radius 1 is 1.60 bits per heavy atom. The maximum absolute atomic E-state index is 13.1. The van der Waals surface area contributed by atoms with E-state index in [1.165, 1.54) is 6.07 Å². The number of halogens is 1. The molecular weight excluding hydrogens is 197 g/mol. The Hall–Kier alpha value is -1.78. The lowest BCUT2D eigenvalue weighted by molar-refractivity contribution is 0.315. The average molecular weight is 211 g/mol. The highest BCUT2D eigenvalue weighted by molar-refractivity contribution is 5.82. The highest BCUT2D eigenvalue weighted by Crippen LogP contribution is 2.12. The van der Waals surface area contributed by atoms with Crippen molar-refractivity contribution in [2.45, 2.75) is 6.92 Å². The number of hydrogen-bond acceptors (Lipinski definition) is 3. The van der Waals surface area contributed by atoms with Crippen molar-refractivity contribution in [1.82, 2.24) is 0 Å². The van der Waals surface area contributed by atoms with Crippen LogP contribution in [0.1, 0.15) is 6.92 Å². The minimum absolute atomic E-state index is 0.124. The number of para-hydroxylation sites is 1. The molecule has 4 N–H and O–H groups in total. The van der Waals surface area contributed by atoms with Crippen molar-refractivity contribution in [2.75, 3.05) is 11.9 Å². The summed E-state index contributed by atoms with van der Waals surface area (Å²) in [6.07, 6.45) is 0. The lowest BCUT2D eigenvalue weighted by atomic mass is 10.1. The summed E-state index contributed by atoms with van der Waals surface area (Å²) in [5.41, 5.74) is 5.80. The van der Waals surface area contributed by atoms with Crippen LogP contribution in [0.25, 0.3) is 0 Å². The van der Waals surface area contributed by atoms with Gasteiger partial charge in [0.15, 0.2) is 0 Å². The second-order valence-electron chi connectivity index (χ2n) is 3.29. The molecule has 0 aromatic heterocycles. The predicted octanol–water partition coefficient (Wildman–Crippen LogP) is 1.62. The molecule has 0 saturated heterocycles. The summed E-state index contributed by atoms with van der Waals surface area (Å²) in [6.45, 7) is 2.19. The van der Waals surface area contributed by atoms with E-state index in [0.717, 1.165) is 0 Å². The molecule has 0 amide bonds. The molecule has 5 heteroatoms. The maximum Gasteiger partial charge on any atom is 0.146 e. The summed E-state index contributed by atoms with van der Waals surface area (Å²) >= 11 is 0. The number of anilines is 1. The summed E-state index contributed by atoms with van der Waals surface area (Å²) in [5.74, 6) is -0.349. The number of nitrogens with one attached hydrogen (secondary N) is 1. The smallest absolute Gasteiger partial charge is 0.146 e. The quantitative estimate of drug-likeness (QED) is 0.307. The molecule has 15 heavy (non-hydrogen) atoms. The Balaban J connectivity index is 2.54. The van der Waals surface area contributed by atoms with Gasteiger partial charge < -0.3 is 16.3 Å². The van der Waals surface area contributed by atoms with Gasteiger partial charge in [0.05, 0.1) is 5.69 Å². The fraction of sp³-hybridized carbons (Fsp3) is 0.300. The Morgan fingerprint density at radius 2 is 2.27 bits per heavy atom. The molecule has 0 saturated carbocycles. The largest absolute Gasteiger partial charge is 0.409 e. The molecule has 0 aliphatic heterocycles. The van der Waals surface area contributed by atoms with Gasteiger partial charge in [-0.3, -0.25) is 0 Å². The zero-order valence-electron chi connectivity index (χ0n) is 8.44. The standard InChI is InChI=1S/C10H14FN3O/c1-7(10(12)14-15)6-13-9-5-3-2-4-8(9)11/h2-5,7,13,15H,6H2,1H3,(H2,12,14). The van der Waals surface area contributed by atoms with E-state index in [-0.39, 0.29) is 17.6 Å². The number of nitrogens with two attached hydrogens (primary N) is 1. The normalized spacial score (nSPS) is 13.6. The van der Waals surface area contributed by atoms with Crippen LogP contribution in [-0.4, -0.2) is 17.6 Å². The molecule has 1 unspecified atom stereocenters. The SMILES string of the molecule is CC(CNc1ccccc1F)C(N)=NO. The number of hydrogen-bond donors (Lipinski definition) is 3. The summed E-state index contributed by atoms with van der Waals surface area (Å²) in [6, 6.07) is 6.36. The van der Waals surface area contributed by atoms with E-state index >= 15 is 0 Å². The van der Waals surface area contributed by atoms with Crippen LogP contribution in [0.4, 0.5) is 10.1 Å². The number of amidine groups is 1. The highest BCUT2D eigenvalue weighted by atomic mass is 19.1. The van der Waals surface area contributed by atoms with Gasteiger partial charge in [0.2, 0.25) is 0 Å². The Labute approximate surface area is 87.6 Å². The van der Waals surface area contributed by atoms with Crippen LogP contribution in [0, 0.1) is 11.7 Å². The van der Waals surface area contributed by atoms with Crippen molar-refractivity contribution in [1.29, 1.82) is 0 Å². The van der Waals surface area contributed by atoms with E-state index < -0.39 is 0 Å². The molecule has 0 fully saturated rings. The lowest BCUT2D eigenvalue weighted by Crippen LogP contribution is -2.27. The Kier molecular flexibility index (Phi) is 3.91. The van der Waals surface area contributed by atoms with Gasteiger partial charge in [0.1, 0.15) is 11.7 Å². The van der Waals surface area contributed by atoms with Crippen molar-refractivity contribution >= 4 is 11.5 Å². The van der Waals surface area contributed by atoms with E-state index in [0.29, 0.717) is 12.2 Å². The third-order valence-corrected chi connectivity index (χ3v) is 2.09. The summed E-state index contributed by atoms with van der Waals surface area (Å²) in [4.78, 5) is 0. The molecule has 0 aliphatic rings. The van der Waals surface area contributed by atoms with Gasteiger partial charge in [-0.1, -0.05) is 24.2 Å². The molecule has 82 valence electrons. The van der Waals surface area contributed by atoms with Gasteiger partial charge in [-0.15, -0.1) is 0 Å². The zero-order valence-corrected chi connectivity index (χ0v) is 8.44. The van der Waals surface area contributed by atoms with Crippen molar-refractivity contribution in [3.05, 3.63) is 30.1 Å². The van der Waals surface area contributed by atoms with Gasteiger partial charge >= 0.3 is 0 Å². The monoisotopic (exact) mass is 211 g/mol. The first-order valence-corrected chi connectivity index (χ1v) is 4.61. The summed E-state index contributed by atoms with van der Waals surface area (Å²) in [5, 5.41) is 14.2. The molecule has 1 aromatic carbocycles. The fourth-order valence-electron chi connectivity index (χ4n) is 1.07. The molecule has 1 atom stereocenters. The van der Waals surface area contributed by atoms with Gasteiger partial charge in [0, 0.05) is 12.5 Å². The first-order valence-electron chi connectivity index (χ1n) is 4.61. The van der Waals surface area contributed by atoms with Crippen LogP contribution in [-0.2, 0) is 0 Å². The van der Waals surface area contributed by atoms with Crippen molar-refractivity contribution in [2.24, 2.45) is 16.8 Å². The minimum Gasteiger partial charge on any atom is -0.409 e. The number of nitrogens with zero attached hydrogens (tertiary/aromatic N) is 1. The average Bonchev–Trinajstić information content (AvgIpc) is 2.26. The Morgan fingerprint density at radius 3 is 2.87 bits per heavy atom. The first-order chi connectivity index (χ1) is 7.15. The second-order valence-corrected chi connectivity index (χ2v) is 3.29. The fourth-order valence-corrected chi connectivity index (χ4v) is 1.07. The van der Waals surface area contributed by atoms with Gasteiger partial charge in [-0.25, -0.2) is 4.39 Å². The lowest BCUT2D eigenvalue weighted by Gasteiger charge is -2.12. The summed E-state index contributed by atoms with van der Waals surface area (Å²) in [7, 11) is 0.